The molecule has 0 bridgehead atoms. The number of esters is 2. The second-order valence-electron chi connectivity index (χ2n) is 18.2. The smallest absolute Gasteiger partial charge is 0.305 e. The van der Waals surface area contributed by atoms with Crippen LogP contribution < -0.4 is 0 Å². The van der Waals surface area contributed by atoms with Gasteiger partial charge in [0.2, 0.25) is 0 Å². The van der Waals surface area contributed by atoms with E-state index in [-0.39, 0.29) is 11.9 Å². The van der Waals surface area contributed by atoms with Gasteiger partial charge in [0, 0.05) is 12.8 Å². The highest BCUT2D eigenvalue weighted by atomic mass is 16.5. The molecule has 0 saturated heterocycles. The summed E-state index contributed by atoms with van der Waals surface area (Å²) in [5, 5.41) is 0. The van der Waals surface area contributed by atoms with Crippen LogP contribution in [-0.2, 0) is 19.1 Å². The van der Waals surface area contributed by atoms with E-state index in [2.05, 4.69) is 74.3 Å². The molecule has 2 unspecified atom stereocenters. The van der Waals surface area contributed by atoms with Crippen molar-refractivity contribution in [3.8, 4) is 0 Å². The third-order valence-corrected chi connectivity index (χ3v) is 11.7. The first-order chi connectivity index (χ1) is 24.8. The molecule has 2 atom stereocenters. The summed E-state index contributed by atoms with van der Waals surface area (Å²) in [5.74, 6) is 4.40. The molecule has 52 heavy (non-hydrogen) atoms. The number of carbonyl (C=O) groups is 2. The highest BCUT2D eigenvalue weighted by Crippen LogP contribution is 2.25. The lowest BCUT2D eigenvalue weighted by Crippen LogP contribution is -2.19. The number of rotatable bonds is 37. The average molecular weight is 736 g/mol. The van der Waals surface area contributed by atoms with Crippen molar-refractivity contribution in [3.63, 3.8) is 0 Å². The number of carbonyl (C=O) groups excluding carboxylic acids is 2. The maximum atomic E-state index is 12.3. The van der Waals surface area contributed by atoms with Gasteiger partial charge in [0.15, 0.2) is 0 Å². The van der Waals surface area contributed by atoms with Gasteiger partial charge in [-0.3, -0.25) is 9.59 Å². The molecule has 5 nitrogen and oxygen atoms in total. The van der Waals surface area contributed by atoms with Crippen molar-refractivity contribution in [3.05, 3.63) is 0 Å². The van der Waals surface area contributed by atoms with Crippen LogP contribution in [-0.4, -0.2) is 50.2 Å². The van der Waals surface area contributed by atoms with Crippen LogP contribution in [0.1, 0.15) is 216 Å². The predicted molar refractivity (Wildman–Crippen MR) is 226 cm³/mol. The van der Waals surface area contributed by atoms with Crippen molar-refractivity contribution in [1.29, 1.82) is 0 Å². The third kappa shape index (κ3) is 32.3. The molecular weight excluding hydrogens is 643 g/mol. The van der Waals surface area contributed by atoms with Crippen LogP contribution in [0.5, 0.6) is 0 Å². The van der Waals surface area contributed by atoms with Gasteiger partial charge in [-0.25, -0.2) is 0 Å². The fourth-order valence-corrected chi connectivity index (χ4v) is 7.27. The Kier molecular flexibility index (Phi) is 33.7. The number of hydrogen-bond donors (Lipinski definition) is 0. The highest BCUT2D eigenvalue weighted by molar-refractivity contribution is 5.69. The zero-order valence-corrected chi connectivity index (χ0v) is 36.9. The molecule has 5 heteroatoms. The van der Waals surface area contributed by atoms with Gasteiger partial charge in [-0.15, -0.1) is 0 Å². The largest absolute Gasteiger partial charge is 0.465 e. The van der Waals surface area contributed by atoms with Crippen molar-refractivity contribution in [2.45, 2.75) is 216 Å². The lowest BCUT2D eigenvalue weighted by atomic mass is 9.89. The average Bonchev–Trinajstić information content (AvgIpc) is 3.08. The Balaban J connectivity index is 4.08. The van der Waals surface area contributed by atoms with E-state index in [0.717, 1.165) is 51.0 Å². The van der Waals surface area contributed by atoms with E-state index in [1.54, 1.807) is 0 Å². The Morgan fingerprint density at radius 2 is 0.808 bits per heavy atom. The first kappa shape index (κ1) is 50.9. The van der Waals surface area contributed by atoms with Crippen molar-refractivity contribution >= 4 is 11.9 Å². The van der Waals surface area contributed by atoms with Crippen molar-refractivity contribution in [1.82, 2.24) is 4.90 Å². The fourth-order valence-electron chi connectivity index (χ4n) is 7.27. The lowest BCUT2D eigenvalue weighted by Gasteiger charge is -2.21. The molecule has 0 aliphatic rings. The van der Waals surface area contributed by atoms with Gasteiger partial charge in [-0.1, -0.05) is 165 Å². The molecule has 0 rings (SSSR count). The number of hydrogen-bond acceptors (Lipinski definition) is 5. The van der Waals surface area contributed by atoms with Crippen LogP contribution in [0, 0.1) is 41.4 Å². The van der Waals surface area contributed by atoms with E-state index in [1.807, 2.05) is 0 Å². The first-order valence-electron chi connectivity index (χ1n) is 22.8. The lowest BCUT2D eigenvalue weighted by molar-refractivity contribution is -0.146. The summed E-state index contributed by atoms with van der Waals surface area (Å²) in [4.78, 5) is 27.0. The van der Waals surface area contributed by atoms with Gasteiger partial charge in [-0.2, -0.15) is 0 Å². The van der Waals surface area contributed by atoms with Crippen LogP contribution in [0.25, 0.3) is 0 Å². The maximum absolute atomic E-state index is 12.3. The summed E-state index contributed by atoms with van der Waals surface area (Å²) < 4.78 is 11.3. The zero-order chi connectivity index (χ0) is 39.0. The second-order valence-corrected chi connectivity index (χ2v) is 18.2. The van der Waals surface area contributed by atoms with Crippen molar-refractivity contribution in [2.75, 3.05) is 33.4 Å². The first-order valence-corrected chi connectivity index (χ1v) is 22.8. The van der Waals surface area contributed by atoms with E-state index in [9.17, 15) is 9.59 Å². The number of unbranched alkanes of at least 4 members (excludes halogenated alkanes) is 12. The van der Waals surface area contributed by atoms with Crippen LogP contribution in [0.15, 0.2) is 0 Å². The SMILES string of the molecule is CCN(C)CCCC(CCCCCCCCCC(=O)OCC(CCC(C)C)C(C)C)CCCCCCCCCC(=O)OCC(CCC(C)C)C(C)C. The minimum atomic E-state index is 0.00305. The third-order valence-electron chi connectivity index (χ3n) is 11.7. The topological polar surface area (TPSA) is 55.8 Å². The Morgan fingerprint density at radius 3 is 1.15 bits per heavy atom. The van der Waals surface area contributed by atoms with Gasteiger partial charge in [-0.05, 0) is 100 Å². The molecule has 0 aromatic carbocycles. The summed E-state index contributed by atoms with van der Waals surface area (Å²) in [7, 11) is 2.25. The van der Waals surface area contributed by atoms with E-state index >= 15 is 0 Å². The number of ether oxygens (including phenoxy) is 2. The summed E-state index contributed by atoms with van der Waals surface area (Å²) in [5.41, 5.74) is 0. The minimum absolute atomic E-state index is 0.00305. The number of nitrogens with zero attached hydrogens (tertiary/aromatic N) is 1. The molecule has 0 fully saturated rings. The summed E-state index contributed by atoms with van der Waals surface area (Å²) >= 11 is 0. The maximum Gasteiger partial charge on any atom is 0.305 e. The monoisotopic (exact) mass is 736 g/mol. The van der Waals surface area contributed by atoms with Gasteiger partial charge in [0.05, 0.1) is 13.2 Å². The van der Waals surface area contributed by atoms with E-state index in [4.69, 9.17) is 9.47 Å². The standard InChI is InChI=1S/C47H93NO4/c1-11-48(10)36-26-29-43(27-22-18-14-12-16-20-24-30-46(49)51-37-44(41(6)7)34-32-39(2)3)28-23-19-15-13-17-21-25-31-47(50)52-38-45(42(8)9)35-33-40(4)5/h39-45H,11-38H2,1-10H3. The normalized spacial score (nSPS) is 13.8. The zero-order valence-electron chi connectivity index (χ0n) is 36.9. The predicted octanol–water partition coefficient (Wildman–Crippen LogP) is 13.9. The van der Waals surface area contributed by atoms with Crippen LogP contribution in [0.3, 0.4) is 0 Å². The second kappa shape index (κ2) is 34.4. The van der Waals surface area contributed by atoms with Gasteiger partial charge in [0.25, 0.3) is 0 Å². The van der Waals surface area contributed by atoms with E-state index < -0.39 is 0 Å². The van der Waals surface area contributed by atoms with E-state index in [1.165, 1.54) is 109 Å². The van der Waals surface area contributed by atoms with Crippen LogP contribution in [0.2, 0.25) is 0 Å². The Morgan fingerprint density at radius 1 is 0.462 bits per heavy atom. The van der Waals surface area contributed by atoms with Gasteiger partial charge < -0.3 is 14.4 Å². The Bertz CT molecular complexity index is 751. The summed E-state index contributed by atoms with van der Waals surface area (Å²) in [6.07, 6.45) is 28.8. The van der Waals surface area contributed by atoms with E-state index in [0.29, 0.717) is 61.6 Å². The quantitative estimate of drug-likeness (QED) is 0.0470. The summed E-state index contributed by atoms with van der Waals surface area (Å²) in [6.45, 7) is 23.9. The molecule has 310 valence electrons. The Hall–Kier alpha value is -1.10. The molecule has 0 spiro atoms. The molecular formula is C47H93NO4. The molecule has 0 aromatic rings. The molecule has 0 amide bonds. The molecule has 0 aromatic heterocycles. The van der Waals surface area contributed by atoms with Crippen LogP contribution in [0.4, 0.5) is 0 Å². The molecule has 0 N–H and O–H groups in total. The fraction of sp³-hybridized carbons (Fsp3) is 0.957. The van der Waals surface area contributed by atoms with Gasteiger partial charge >= 0.3 is 11.9 Å². The van der Waals surface area contributed by atoms with Gasteiger partial charge in [0.1, 0.15) is 0 Å². The summed E-state index contributed by atoms with van der Waals surface area (Å²) in [6, 6.07) is 0. The molecule has 0 saturated carbocycles. The molecule has 0 heterocycles. The molecule has 0 aliphatic carbocycles. The minimum Gasteiger partial charge on any atom is -0.465 e. The molecule has 0 radical (unpaired) electrons. The van der Waals surface area contributed by atoms with Crippen molar-refractivity contribution in [2.24, 2.45) is 41.4 Å². The highest BCUT2D eigenvalue weighted by Gasteiger charge is 2.18. The molecule has 0 aliphatic heterocycles. The van der Waals surface area contributed by atoms with Crippen LogP contribution >= 0.6 is 0 Å². The Labute approximate surface area is 326 Å². The van der Waals surface area contributed by atoms with Crippen molar-refractivity contribution < 1.29 is 19.1 Å².